The lowest BCUT2D eigenvalue weighted by Crippen LogP contribution is -2.29. The minimum absolute atomic E-state index is 0.0433. The van der Waals surface area contributed by atoms with Crippen LogP contribution in [-0.4, -0.2) is 25.5 Å². The SMILES string of the molecule is COc1cccc(CCNC(=O)C2CC2C(=O)Nc2ccc(C(C)C)cc2)c1. The van der Waals surface area contributed by atoms with Crippen molar-refractivity contribution in [3.63, 3.8) is 0 Å². The first-order valence-corrected chi connectivity index (χ1v) is 9.79. The van der Waals surface area contributed by atoms with Crippen LogP contribution in [-0.2, 0) is 16.0 Å². The maximum Gasteiger partial charge on any atom is 0.228 e. The lowest BCUT2D eigenvalue weighted by Gasteiger charge is -2.09. The summed E-state index contributed by atoms with van der Waals surface area (Å²) in [6.45, 7) is 4.82. The van der Waals surface area contributed by atoms with E-state index >= 15 is 0 Å². The number of methoxy groups -OCH3 is 1. The topological polar surface area (TPSA) is 67.4 Å². The van der Waals surface area contributed by atoms with Gasteiger partial charge in [0.05, 0.1) is 18.9 Å². The molecule has 5 nitrogen and oxygen atoms in total. The largest absolute Gasteiger partial charge is 0.497 e. The number of amides is 2. The van der Waals surface area contributed by atoms with Gasteiger partial charge in [0.25, 0.3) is 0 Å². The minimum Gasteiger partial charge on any atom is -0.497 e. The number of rotatable bonds is 8. The summed E-state index contributed by atoms with van der Waals surface area (Å²) < 4.78 is 5.21. The molecule has 0 saturated heterocycles. The van der Waals surface area contributed by atoms with E-state index in [9.17, 15) is 9.59 Å². The van der Waals surface area contributed by atoms with Gasteiger partial charge in [-0.15, -0.1) is 0 Å². The van der Waals surface area contributed by atoms with E-state index in [0.717, 1.165) is 23.4 Å². The lowest BCUT2D eigenvalue weighted by atomic mass is 10.0. The molecule has 28 heavy (non-hydrogen) atoms. The van der Waals surface area contributed by atoms with Gasteiger partial charge < -0.3 is 15.4 Å². The molecule has 1 fully saturated rings. The van der Waals surface area contributed by atoms with Gasteiger partial charge in [0.15, 0.2) is 0 Å². The normalized spacial score (nSPS) is 17.9. The summed E-state index contributed by atoms with van der Waals surface area (Å²) in [6, 6.07) is 15.7. The molecule has 1 saturated carbocycles. The Morgan fingerprint density at radius 1 is 1.07 bits per heavy atom. The minimum atomic E-state index is -0.235. The third-order valence-corrected chi connectivity index (χ3v) is 5.16. The summed E-state index contributed by atoms with van der Waals surface area (Å²) >= 11 is 0. The molecule has 2 unspecified atom stereocenters. The molecule has 2 N–H and O–H groups in total. The summed E-state index contributed by atoms with van der Waals surface area (Å²) in [5.41, 5.74) is 3.12. The van der Waals surface area contributed by atoms with Crippen LogP contribution in [0.3, 0.4) is 0 Å². The first-order chi connectivity index (χ1) is 13.5. The Balaban J connectivity index is 1.42. The first-order valence-electron chi connectivity index (χ1n) is 9.79. The Labute approximate surface area is 166 Å². The molecule has 0 heterocycles. The van der Waals surface area contributed by atoms with Gasteiger partial charge in [0.2, 0.25) is 11.8 Å². The smallest absolute Gasteiger partial charge is 0.228 e. The van der Waals surface area contributed by atoms with E-state index in [1.54, 1.807) is 7.11 Å². The van der Waals surface area contributed by atoms with Crippen molar-refractivity contribution in [2.24, 2.45) is 11.8 Å². The molecule has 0 bridgehead atoms. The second-order valence-electron chi connectivity index (χ2n) is 7.61. The zero-order chi connectivity index (χ0) is 20.1. The number of anilines is 1. The number of carbonyl (C=O) groups is 2. The fraction of sp³-hybridized carbons (Fsp3) is 0.391. The highest BCUT2D eigenvalue weighted by Gasteiger charge is 2.47. The fourth-order valence-electron chi connectivity index (χ4n) is 3.25. The van der Waals surface area contributed by atoms with Crippen LogP contribution < -0.4 is 15.4 Å². The molecule has 148 valence electrons. The average molecular weight is 380 g/mol. The molecule has 0 aromatic heterocycles. The van der Waals surface area contributed by atoms with Crippen molar-refractivity contribution in [3.05, 3.63) is 59.7 Å². The number of hydrogen-bond donors (Lipinski definition) is 2. The number of ether oxygens (including phenoxy) is 1. The van der Waals surface area contributed by atoms with Gasteiger partial charge in [0, 0.05) is 12.2 Å². The van der Waals surface area contributed by atoms with E-state index in [2.05, 4.69) is 24.5 Å². The predicted molar refractivity (Wildman–Crippen MR) is 110 cm³/mol. The van der Waals surface area contributed by atoms with E-state index in [-0.39, 0.29) is 23.7 Å². The van der Waals surface area contributed by atoms with Crippen LogP contribution in [0, 0.1) is 11.8 Å². The second-order valence-corrected chi connectivity index (χ2v) is 7.61. The van der Waals surface area contributed by atoms with Crippen molar-refractivity contribution in [1.29, 1.82) is 0 Å². The first kappa shape index (κ1) is 19.9. The van der Waals surface area contributed by atoms with Crippen LogP contribution in [0.1, 0.15) is 37.3 Å². The maximum absolute atomic E-state index is 12.4. The highest BCUT2D eigenvalue weighted by atomic mass is 16.5. The molecular formula is C23H28N2O3. The number of hydrogen-bond acceptors (Lipinski definition) is 3. The van der Waals surface area contributed by atoms with Crippen LogP contribution >= 0.6 is 0 Å². The number of nitrogens with one attached hydrogen (secondary N) is 2. The average Bonchev–Trinajstić information content (AvgIpc) is 3.49. The molecule has 1 aliphatic carbocycles. The Morgan fingerprint density at radius 2 is 1.79 bits per heavy atom. The summed E-state index contributed by atoms with van der Waals surface area (Å²) in [7, 11) is 1.64. The molecule has 2 aromatic carbocycles. The van der Waals surface area contributed by atoms with Crippen molar-refractivity contribution >= 4 is 17.5 Å². The van der Waals surface area contributed by atoms with Gasteiger partial charge in [-0.05, 0) is 54.2 Å². The van der Waals surface area contributed by atoms with Crippen molar-refractivity contribution < 1.29 is 14.3 Å². The molecule has 5 heteroatoms. The zero-order valence-corrected chi connectivity index (χ0v) is 16.7. The van der Waals surface area contributed by atoms with Crippen LogP contribution in [0.25, 0.3) is 0 Å². The van der Waals surface area contributed by atoms with Crippen molar-refractivity contribution in [1.82, 2.24) is 5.32 Å². The van der Waals surface area contributed by atoms with E-state index in [1.807, 2.05) is 48.5 Å². The standard InChI is InChI=1S/C23H28N2O3/c1-15(2)17-7-9-18(10-8-17)25-23(27)21-14-20(21)22(26)24-12-11-16-5-4-6-19(13-16)28-3/h4-10,13,15,20-21H,11-12,14H2,1-3H3,(H,24,26)(H,25,27). The molecule has 2 amide bonds. The zero-order valence-electron chi connectivity index (χ0n) is 16.7. The third kappa shape index (κ3) is 5.12. The molecule has 1 aliphatic rings. The van der Waals surface area contributed by atoms with Crippen LogP contribution in [0.4, 0.5) is 5.69 Å². The van der Waals surface area contributed by atoms with Crippen molar-refractivity contribution in [2.45, 2.75) is 32.6 Å². The van der Waals surface area contributed by atoms with Gasteiger partial charge in [-0.1, -0.05) is 38.1 Å². The van der Waals surface area contributed by atoms with E-state index in [1.165, 1.54) is 5.56 Å². The second kappa shape index (κ2) is 8.91. The molecule has 0 radical (unpaired) electrons. The van der Waals surface area contributed by atoms with Crippen LogP contribution in [0.2, 0.25) is 0 Å². The fourth-order valence-corrected chi connectivity index (χ4v) is 3.25. The summed E-state index contributed by atoms with van der Waals surface area (Å²) in [6.07, 6.45) is 1.34. The lowest BCUT2D eigenvalue weighted by molar-refractivity contribution is -0.125. The Morgan fingerprint density at radius 3 is 2.46 bits per heavy atom. The van der Waals surface area contributed by atoms with Crippen molar-refractivity contribution in [2.75, 3.05) is 19.0 Å². The number of benzene rings is 2. The molecule has 2 aromatic rings. The van der Waals surface area contributed by atoms with E-state index < -0.39 is 0 Å². The summed E-state index contributed by atoms with van der Waals surface area (Å²) in [5.74, 6) is 0.688. The summed E-state index contributed by atoms with van der Waals surface area (Å²) in [5, 5.41) is 5.86. The Bertz CT molecular complexity index is 830. The Kier molecular flexibility index (Phi) is 6.34. The molecule has 3 rings (SSSR count). The maximum atomic E-state index is 12.4. The van der Waals surface area contributed by atoms with Gasteiger partial charge >= 0.3 is 0 Å². The van der Waals surface area contributed by atoms with Gasteiger partial charge in [-0.25, -0.2) is 0 Å². The Hall–Kier alpha value is -2.82. The molecule has 2 atom stereocenters. The molecule has 0 spiro atoms. The quantitative estimate of drug-likeness (QED) is 0.733. The van der Waals surface area contributed by atoms with Crippen LogP contribution in [0.5, 0.6) is 5.75 Å². The molecular weight excluding hydrogens is 352 g/mol. The summed E-state index contributed by atoms with van der Waals surface area (Å²) in [4.78, 5) is 24.7. The third-order valence-electron chi connectivity index (χ3n) is 5.16. The monoisotopic (exact) mass is 380 g/mol. The predicted octanol–water partition coefficient (Wildman–Crippen LogP) is 3.75. The van der Waals surface area contributed by atoms with Crippen molar-refractivity contribution in [3.8, 4) is 5.75 Å². The van der Waals surface area contributed by atoms with Gasteiger partial charge in [-0.2, -0.15) is 0 Å². The van der Waals surface area contributed by atoms with E-state index in [4.69, 9.17) is 4.74 Å². The number of carbonyl (C=O) groups excluding carboxylic acids is 2. The van der Waals surface area contributed by atoms with Crippen LogP contribution in [0.15, 0.2) is 48.5 Å². The van der Waals surface area contributed by atoms with Gasteiger partial charge in [0.1, 0.15) is 5.75 Å². The highest BCUT2D eigenvalue weighted by Crippen LogP contribution is 2.39. The highest BCUT2D eigenvalue weighted by molar-refractivity contribution is 5.99. The van der Waals surface area contributed by atoms with Gasteiger partial charge in [-0.3, -0.25) is 9.59 Å². The van der Waals surface area contributed by atoms with E-state index in [0.29, 0.717) is 18.9 Å². The molecule has 0 aliphatic heterocycles.